The fourth-order valence-corrected chi connectivity index (χ4v) is 4.34. The normalized spacial score (nSPS) is 11.9. The molecule has 2 aromatic carbocycles. The van der Waals surface area contributed by atoms with Crippen LogP contribution in [0.1, 0.15) is 20.3 Å². The van der Waals surface area contributed by atoms with Crippen LogP contribution in [0.15, 0.2) is 74.3 Å². The van der Waals surface area contributed by atoms with Crippen LogP contribution in [-0.4, -0.2) is 25.9 Å². The SMILES string of the molecule is CCCn1c(S[C@@H](C)C(=O)Nc2ccccc2Sc2ccccc2)n[nH]c1=O. The summed E-state index contributed by atoms with van der Waals surface area (Å²) >= 11 is 2.87. The van der Waals surface area contributed by atoms with Gasteiger partial charge >= 0.3 is 5.69 Å². The van der Waals surface area contributed by atoms with Crippen molar-refractivity contribution in [3.63, 3.8) is 0 Å². The molecule has 0 bridgehead atoms. The number of anilines is 1. The largest absolute Gasteiger partial charge is 0.343 e. The van der Waals surface area contributed by atoms with Crippen LogP contribution in [0, 0.1) is 0 Å². The van der Waals surface area contributed by atoms with E-state index in [4.69, 9.17) is 0 Å². The molecule has 1 heterocycles. The van der Waals surface area contributed by atoms with Gasteiger partial charge in [-0.05, 0) is 37.6 Å². The average Bonchev–Trinajstić information content (AvgIpc) is 3.04. The first-order valence-corrected chi connectivity index (χ1v) is 10.7. The molecule has 2 N–H and O–H groups in total. The third kappa shape index (κ3) is 5.08. The number of aromatic nitrogens is 3. The fraction of sp³-hybridized carbons (Fsp3) is 0.250. The lowest BCUT2D eigenvalue weighted by Crippen LogP contribution is -2.24. The van der Waals surface area contributed by atoms with Crippen molar-refractivity contribution in [2.75, 3.05) is 5.32 Å². The highest BCUT2D eigenvalue weighted by molar-refractivity contribution is 8.00. The Kier molecular flexibility index (Phi) is 7.00. The summed E-state index contributed by atoms with van der Waals surface area (Å²) in [6.45, 7) is 4.37. The molecular formula is C20H22N4O2S2. The Bertz CT molecular complexity index is 985. The first kappa shape index (κ1) is 20.3. The maximum atomic E-state index is 12.7. The third-order valence-electron chi connectivity index (χ3n) is 3.94. The maximum Gasteiger partial charge on any atom is 0.343 e. The lowest BCUT2D eigenvalue weighted by atomic mass is 10.3. The smallest absolute Gasteiger partial charge is 0.324 e. The molecule has 1 aromatic heterocycles. The van der Waals surface area contributed by atoms with E-state index in [2.05, 4.69) is 15.5 Å². The number of H-pyrrole nitrogens is 1. The van der Waals surface area contributed by atoms with Gasteiger partial charge in [0.15, 0.2) is 5.16 Å². The minimum absolute atomic E-state index is 0.135. The van der Waals surface area contributed by atoms with Crippen molar-refractivity contribution >= 4 is 35.1 Å². The van der Waals surface area contributed by atoms with Crippen LogP contribution in [-0.2, 0) is 11.3 Å². The number of para-hydroxylation sites is 1. The molecule has 0 spiro atoms. The van der Waals surface area contributed by atoms with Gasteiger partial charge in [0.2, 0.25) is 5.91 Å². The average molecular weight is 415 g/mol. The Morgan fingerprint density at radius 2 is 1.89 bits per heavy atom. The molecule has 28 heavy (non-hydrogen) atoms. The second-order valence-electron chi connectivity index (χ2n) is 6.12. The van der Waals surface area contributed by atoms with Gasteiger partial charge in [0, 0.05) is 16.3 Å². The van der Waals surface area contributed by atoms with Crippen LogP contribution in [0.4, 0.5) is 5.69 Å². The molecule has 0 radical (unpaired) electrons. The highest BCUT2D eigenvalue weighted by Crippen LogP contribution is 2.33. The zero-order valence-electron chi connectivity index (χ0n) is 15.7. The summed E-state index contributed by atoms with van der Waals surface area (Å²) in [6.07, 6.45) is 0.817. The summed E-state index contributed by atoms with van der Waals surface area (Å²) in [5, 5.41) is 9.63. The first-order valence-electron chi connectivity index (χ1n) is 9.03. The van der Waals surface area contributed by atoms with Crippen molar-refractivity contribution in [2.24, 2.45) is 0 Å². The van der Waals surface area contributed by atoms with Crippen LogP contribution in [0.25, 0.3) is 0 Å². The monoisotopic (exact) mass is 414 g/mol. The molecule has 1 amide bonds. The number of carbonyl (C=O) groups excluding carboxylic acids is 1. The predicted octanol–water partition coefficient (Wildman–Crippen LogP) is 4.25. The number of amides is 1. The first-order chi connectivity index (χ1) is 13.6. The van der Waals surface area contributed by atoms with Gasteiger partial charge in [-0.3, -0.25) is 9.36 Å². The molecule has 1 atom stereocenters. The molecule has 3 aromatic rings. The highest BCUT2D eigenvalue weighted by Gasteiger charge is 2.20. The van der Waals surface area contributed by atoms with Crippen LogP contribution in [0.3, 0.4) is 0 Å². The summed E-state index contributed by atoms with van der Waals surface area (Å²) in [7, 11) is 0. The second kappa shape index (κ2) is 9.66. The fourth-order valence-electron chi connectivity index (χ4n) is 2.53. The van der Waals surface area contributed by atoms with Crippen LogP contribution >= 0.6 is 23.5 Å². The number of hydrogen-bond donors (Lipinski definition) is 2. The van der Waals surface area contributed by atoms with Gasteiger partial charge in [0.25, 0.3) is 0 Å². The van der Waals surface area contributed by atoms with Gasteiger partial charge < -0.3 is 5.32 Å². The topological polar surface area (TPSA) is 79.8 Å². The quantitative estimate of drug-likeness (QED) is 0.539. The summed E-state index contributed by atoms with van der Waals surface area (Å²) in [5.74, 6) is -0.135. The molecule has 3 rings (SSSR count). The van der Waals surface area contributed by atoms with Gasteiger partial charge in [0.1, 0.15) is 0 Å². The molecule has 0 unspecified atom stereocenters. The number of aromatic amines is 1. The van der Waals surface area contributed by atoms with Crippen molar-refractivity contribution in [3.8, 4) is 0 Å². The van der Waals surface area contributed by atoms with Crippen molar-refractivity contribution in [1.82, 2.24) is 14.8 Å². The number of nitrogens with one attached hydrogen (secondary N) is 2. The summed E-state index contributed by atoms with van der Waals surface area (Å²) in [4.78, 5) is 26.6. The Balaban J connectivity index is 1.70. The van der Waals surface area contributed by atoms with Crippen LogP contribution in [0.2, 0.25) is 0 Å². The van der Waals surface area contributed by atoms with E-state index in [-0.39, 0.29) is 11.6 Å². The maximum absolute atomic E-state index is 12.7. The van der Waals surface area contributed by atoms with Gasteiger partial charge in [-0.25, -0.2) is 9.89 Å². The van der Waals surface area contributed by atoms with Gasteiger partial charge in [-0.15, -0.1) is 5.10 Å². The Morgan fingerprint density at radius 3 is 2.64 bits per heavy atom. The Morgan fingerprint density at radius 1 is 1.18 bits per heavy atom. The van der Waals surface area contributed by atoms with E-state index in [1.165, 1.54) is 11.8 Å². The molecule has 8 heteroatoms. The van der Waals surface area contributed by atoms with Crippen molar-refractivity contribution in [3.05, 3.63) is 65.1 Å². The lowest BCUT2D eigenvalue weighted by Gasteiger charge is -2.14. The van der Waals surface area contributed by atoms with Crippen molar-refractivity contribution in [1.29, 1.82) is 0 Å². The van der Waals surface area contributed by atoms with E-state index in [1.807, 2.05) is 68.4 Å². The standard InChI is InChI=1S/C20H22N4O2S2/c1-3-13-24-19(26)22-23-20(24)27-14(2)18(25)21-16-11-7-8-12-17(16)28-15-9-5-4-6-10-15/h4-12,14H,3,13H2,1-2H3,(H,21,25)(H,22,26)/t14-/m0/s1. The molecule has 0 aliphatic carbocycles. The Hall–Kier alpha value is -2.45. The van der Waals surface area contributed by atoms with E-state index in [0.29, 0.717) is 11.7 Å². The lowest BCUT2D eigenvalue weighted by molar-refractivity contribution is -0.115. The predicted molar refractivity (Wildman–Crippen MR) is 114 cm³/mol. The van der Waals surface area contributed by atoms with Gasteiger partial charge in [0.05, 0.1) is 10.9 Å². The number of nitrogens with zero attached hydrogens (tertiary/aromatic N) is 2. The summed E-state index contributed by atoms with van der Waals surface area (Å²) in [5.41, 5.74) is 0.517. The number of rotatable bonds is 8. The molecule has 146 valence electrons. The van der Waals surface area contributed by atoms with Gasteiger partial charge in [-0.2, -0.15) is 0 Å². The van der Waals surface area contributed by atoms with Crippen LogP contribution < -0.4 is 11.0 Å². The number of hydrogen-bond acceptors (Lipinski definition) is 5. The number of carbonyl (C=O) groups is 1. The van der Waals surface area contributed by atoms with Gasteiger partial charge in [-0.1, -0.05) is 60.8 Å². The molecule has 6 nitrogen and oxygen atoms in total. The van der Waals surface area contributed by atoms with E-state index >= 15 is 0 Å². The summed E-state index contributed by atoms with van der Waals surface area (Å²) < 4.78 is 1.56. The van der Waals surface area contributed by atoms with Crippen molar-refractivity contribution < 1.29 is 4.79 Å². The zero-order chi connectivity index (χ0) is 19.9. The second-order valence-corrected chi connectivity index (χ2v) is 8.55. The molecule has 0 aliphatic rings. The molecule has 0 aliphatic heterocycles. The molecule has 0 saturated heterocycles. The third-order valence-corrected chi connectivity index (χ3v) is 6.11. The summed E-state index contributed by atoms with van der Waals surface area (Å²) in [6, 6.07) is 17.7. The Labute approximate surface area is 172 Å². The molecular weight excluding hydrogens is 392 g/mol. The zero-order valence-corrected chi connectivity index (χ0v) is 17.3. The minimum atomic E-state index is -0.402. The number of benzene rings is 2. The van der Waals surface area contributed by atoms with Crippen molar-refractivity contribution in [2.45, 2.75) is 47.0 Å². The highest BCUT2D eigenvalue weighted by atomic mass is 32.2. The van der Waals surface area contributed by atoms with E-state index in [9.17, 15) is 9.59 Å². The van der Waals surface area contributed by atoms with E-state index < -0.39 is 5.25 Å². The van der Waals surface area contributed by atoms with Crippen LogP contribution in [0.5, 0.6) is 0 Å². The molecule has 0 fully saturated rings. The van der Waals surface area contributed by atoms with E-state index in [0.717, 1.165) is 21.9 Å². The van der Waals surface area contributed by atoms with E-state index in [1.54, 1.807) is 16.3 Å². The molecule has 0 saturated carbocycles. The minimum Gasteiger partial charge on any atom is -0.324 e. The number of thioether (sulfide) groups is 1.